The second-order valence-corrected chi connectivity index (χ2v) is 7.07. The molecule has 4 saturated carbocycles. The molecule has 2 N–H and O–H groups in total. The molecular formula is C19H18O2. The van der Waals surface area contributed by atoms with Gasteiger partial charge in [0.2, 0.25) is 0 Å². The normalized spacial score (nSPS) is 34.1. The summed E-state index contributed by atoms with van der Waals surface area (Å²) < 4.78 is 0. The van der Waals surface area contributed by atoms with Gasteiger partial charge in [0.05, 0.1) is 0 Å². The molecule has 0 aliphatic heterocycles. The number of fused-ring (bicyclic) bond motifs is 2. The summed E-state index contributed by atoms with van der Waals surface area (Å²) in [4.78, 5) is 0. The van der Waals surface area contributed by atoms with Gasteiger partial charge in [-0.15, -0.1) is 0 Å². The Morgan fingerprint density at radius 1 is 0.667 bits per heavy atom. The third kappa shape index (κ3) is 1.48. The van der Waals surface area contributed by atoms with Gasteiger partial charge in [0, 0.05) is 5.41 Å². The Morgan fingerprint density at radius 3 is 1.43 bits per heavy atom. The molecule has 4 fully saturated rings. The minimum absolute atomic E-state index is 0.0697. The van der Waals surface area contributed by atoms with Crippen LogP contribution in [0.5, 0.6) is 11.5 Å². The molecule has 2 aromatic carbocycles. The predicted octanol–water partition coefficient (Wildman–Crippen LogP) is 3.67. The average molecular weight is 278 g/mol. The van der Waals surface area contributed by atoms with Crippen LogP contribution in [-0.4, -0.2) is 10.2 Å². The van der Waals surface area contributed by atoms with Crippen molar-refractivity contribution in [2.24, 2.45) is 23.7 Å². The van der Waals surface area contributed by atoms with Gasteiger partial charge in [-0.25, -0.2) is 0 Å². The maximum Gasteiger partial charge on any atom is 0.115 e. The van der Waals surface area contributed by atoms with E-state index < -0.39 is 0 Å². The summed E-state index contributed by atoms with van der Waals surface area (Å²) in [5, 5.41) is 19.2. The number of aromatic hydroxyl groups is 2. The van der Waals surface area contributed by atoms with Crippen LogP contribution in [0.4, 0.5) is 0 Å². The van der Waals surface area contributed by atoms with Crippen molar-refractivity contribution in [3.63, 3.8) is 0 Å². The van der Waals surface area contributed by atoms with Gasteiger partial charge in [-0.3, -0.25) is 0 Å². The third-order valence-corrected chi connectivity index (χ3v) is 6.15. The molecule has 0 saturated heterocycles. The molecule has 6 rings (SSSR count). The fourth-order valence-corrected chi connectivity index (χ4v) is 4.98. The van der Waals surface area contributed by atoms with Crippen LogP contribution in [0.1, 0.15) is 24.0 Å². The van der Waals surface area contributed by atoms with Gasteiger partial charge in [0.1, 0.15) is 11.5 Å². The highest BCUT2D eigenvalue weighted by Crippen LogP contribution is 2.82. The molecule has 0 spiro atoms. The van der Waals surface area contributed by atoms with E-state index in [2.05, 4.69) is 24.3 Å². The molecule has 0 heterocycles. The first-order valence-corrected chi connectivity index (χ1v) is 7.78. The van der Waals surface area contributed by atoms with E-state index in [4.69, 9.17) is 0 Å². The van der Waals surface area contributed by atoms with Crippen LogP contribution in [-0.2, 0) is 5.41 Å². The summed E-state index contributed by atoms with van der Waals surface area (Å²) in [5.41, 5.74) is 2.68. The van der Waals surface area contributed by atoms with Crippen LogP contribution in [0.2, 0.25) is 0 Å². The van der Waals surface area contributed by atoms with Crippen LogP contribution in [0.25, 0.3) is 0 Å². The second kappa shape index (κ2) is 3.62. The van der Waals surface area contributed by atoms with Crippen molar-refractivity contribution in [3.8, 4) is 11.5 Å². The minimum atomic E-state index is 0.0697. The monoisotopic (exact) mass is 278 g/mol. The molecule has 0 amide bonds. The Kier molecular flexibility index (Phi) is 2.01. The Morgan fingerprint density at radius 2 is 1.05 bits per heavy atom. The molecule has 2 bridgehead atoms. The maximum atomic E-state index is 9.58. The first-order chi connectivity index (χ1) is 10.2. The topological polar surface area (TPSA) is 40.5 Å². The summed E-state index contributed by atoms with van der Waals surface area (Å²) >= 11 is 0. The van der Waals surface area contributed by atoms with E-state index in [1.807, 2.05) is 0 Å². The van der Waals surface area contributed by atoms with E-state index in [9.17, 15) is 10.2 Å². The van der Waals surface area contributed by atoms with Crippen LogP contribution in [0, 0.1) is 23.7 Å². The van der Waals surface area contributed by atoms with Crippen molar-refractivity contribution in [1.82, 2.24) is 0 Å². The van der Waals surface area contributed by atoms with E-state index in [0.717, 1.165) is 23.7 Å². The van der Waals surface area contributed by atoms with Crippen LogP contribution in [0.3, 0.4) is 0 Å². The molecular weight excluding hydrogens is 260 g/mol. The highest BCUT2D eigenvalue weighted by atomic mass is 16.3. The summed E-state index contributed by atoms with van der Waals surface area (Å²) in [6, 6.07) is 15.5. The zero-order valence-electron chi connectivity index (χ0n) is 11.7. The van der Waals surface area contributed by atoms with Crippen molar-refractivity contribution in [2.45, 2.75) is 18.3 Å². The third-order valence-electron chi connectivity index (χ3n) is 6.15. The number of phenolic OH excluding ortho intramolecular Hbond substituents is 2. The molecule has 21 heavy (non-hydrogen) atoms. The molecule has 2 heteroatoms. The second-order valence-electron chi connectivity index (χ2n) is 7.07. The Labute approximate surface area is 124 Å². The highest BCUT2D eigenvalue weighted by molar-refractivity contribution is 5.47. The zero-order valence-corrected chi connectivity index (χ0v) is 11.7. The first-order valence-electron chi connectivity index (χ1n) is 7.78. The van der Waals surface area contributed by atoms with Crippen molar-refractivity contribution < 1.29 is 10.2 Å². The fraction of sp³-hybridized carbons (Fsp3) is 0.368. The van der Waals surface area contributed by atoms with E-state index in [0.29, 0.717) is 11.5 Å². The highest BCUT2D eigenvalue weighted by Gasteiger charge is 2.77. The van der Waals surface area contributed by atoms with E-state index in [1.165, 1.54) is 24.0 Å². The van der Waals surface area contributed by atoms with Gasteiger partial charge in [0.15, 0.2) is 0 Å². The minimum Gasteiger partial charge on any atom is -0.508 e. The predicted molar refractivity (Wildman–Crippen MR) is 80.2 cm³/mol. The largest absolute Gasteiger partial charge is 0.508 e. The standard InChI is InChI=1S/C19H18O2/c20-13-5-1-11(2-6-13)19(12-3-7-14(21)8-4-12)9-15-17-16(10-19)18(15)17/h1-8,15-18,20-21H,9-10H2. The average Bonchev–Trinajstić information content (AvgIpc) is 3.40. The maximum absolute atomic E-state index is 9.58. The molecule has 4 aliphatic rings. The number of hydrogen-bond donors (Lipinski definition) is 2. The van der Waals surface area contributed by atoms with Crippen molar-refractivity contribution >= 4 is 0 Å². The van der Waals surface area contributed by atoms with Crippen molar-refractivity contribution in [1.29, 1.82) is 0 Å². The van der Waals surface area contributed by atoms with Gasteiger partial charge in [-0.1, -0.05) is 24.3 Å². The van der Waals surface area contributed by atoms with Crippen LogP contribution in [0.15, 0.2) is 48.5 Å². The van der Waals surface area contributed by atoms with Gasteiger partial charge in [-0.2, -0.15) is 0 Å². The van der Waals surface area contributed by atoms with Gasteiger partial charge in [-0.05, 0) is 71.9 Å². The lowest BCUT2D eigenvalue weighted by molar-refractivity contribution is 0.232. The number of hydrogen-bond acceptors (Lipinski definition) is 2. The zero-order chi connectivity index (χ0) is 14.2. The van der Waals surface area contributed by atoms with Crippen molar-refractivity contribution in [3.05, 3.63) is 59.7 Å². The molecule has 2 nitrogen and oxygen atoms in total. The number of phenols is 2. The smallest absolute Gasteiger partial charge is 0.115 e. The lowest BCUT2D eigenvalue weighted by Crippen LogP contribution is -2.36. The van der Waals surface area contributed by atoms with E-state index in [-0.39, 0.29) is 5.41 Å². The summed E-state index contributed by atoms with van der Waals surface area (Å²) in [7, 11) is 0. The molecule has 0 radical (unpaired) electrons. The summed E-state index contributed by atoms with van der Waals surface area (Å²) in [6.07, 6.45) is 2.43. The van der Waals surface area contributed by atoms with Crippen LogP contribution < -0.4 is 0 Å². The molecule has 0 aromatic heterocycles. The summed E-state index contributed by atoms with van der Waals surface area (Å²) in [5.74, 6) is 4.51. The fourth-order valence-electron chi connectivity index (χ4n) is 4.98. The van der Waals surface area contributed by atoms with Crippen LogP contribution >= 0.6 is 0 Å². The molecule has 4 aliphatic carbocycles. The molecule has 0 unspecified atom stereocenters. The number of benzene rings is 2. The van der Waals surface area contributed by atoms with Gasteiger partial charge < -0.3 is 10.2 Å². The Bertz CT molecular complexity index is 630. The molecule has 106 valence electrons. The van der Waals surface area contributed by atoms with Crippen molar-refractivity contribution in [2.75, 3.05) is 0 Å². The van der Waals surface area contributed by atoms with E-state index in [1.54, 1.807) is 24.3 Å². The SMILES string of the molecule is Oc1ccc(C2(c3ccc(O)cc3)CC3C4C(C2)C34)cc1. The molecule has 0 atom stereocenters. The Balaban J connectivity index is 1.63. The van der Waals surface area contributed by atoms with E-state index >= 15 is 0 Å². The number of rotatable bonds is 2. The summed E-state index contributed by atoms with van der Waals surface area (Å²) in [6.45, 7) is 0. The lowest BCUT2D eigenvalue weighted by Gasteiger charge is -2.42. The van der Waals surface area contributed by atoms with Gasteiger partial charge >= 0.3 is 0 Å². The molecule has 2 aromatic rings. The van der Waals surface area contributed by atoms with Gasteiger partial charge in [0.25, 0.3) is 0 Å². The quantitative estimate of drug-likeness (QED) is 0.880. The Hall–Kier alpha value is -1.96. The first kappa shape index (κ1) is 11.7. The lowest BCUT2D eigenvalue weighted by atomic mass is 9.61.